The summed E-state index contributed by atoms with van der Waals surface area (Å²) in [4.78, 5) is 0. The van der Waals surface area contributed by atoms with Crippen molar-refractivity contribution in [1.82, 2.24) is 0 Å². The molecule has 0 unspecified atom stereocenters. The van der Waals surface area contributed by atoms with E-state index < -0.39 is 0 Å². The van der Waals surface area contributed by atoms with Gasteiger partial charge in [0.25, 0.3) is 0 Å². The maximum Gasteiger partial charge on any atom is 0.0853 e. The van der Waals surface area contributed by atoms with E-state index in [2.05, 4.69) is 62.6 Å². The van der Waals surface area contributed by atoms with Crippen LogP contribution in [0.15, 0.2) is 67.0 Å². The Labute approximate surface area is 147 Å². The van der Waals surface area contributed by atoms with Crippen molar-refractivity contribution < 1.29 is 5.11 Å². The number of benzene rings is 1. The predicted octanol–water partition coefficient (Wildman–Crippen LogP) is 6.96. The Morgan fingerprint density at radius 1 is 1.08 bits per heavy atom. The first-order valence-corrected chi connectivity index (χ1v) is 8.96. The van der Waals surface area contributed by atoms with Gasteiger partial charge in [-0.1, -0.05) is 61.2 Å². The van der Waals surface area contributed by atoms with Crippen molar-refractivity contribution in [2.45, 2.75) is 51.9 Å². The largest absolute Gasteiger partial charge is 0.513 e. The second-order valence-electron chi connectivity index (χ2n) is 7.00. The fraction of sp³-hybridized carbons (Fsp3) is 0.391. The molecule has 2 rings (SSSR count). The third kappa shape index (κ3) is 5.26. The first-order chi connectivity index (χ1) is 11.5. The zero-order chi connectivity index (χ0) is 17.5. The van der Waals surface area contributed by atoms with Gasteiger partial charge in [0.05, 0.1) is 5.76 Å². The molecule has 0 radical (unpaired) electrons. The molecule has 1 heteroatoms. The summed E-state index contributed by atoms with van der Waals surface area (Å²) in [7, 11) is 0. The maximum atomic E-state index is 9.35. The minimum atomic E-state index is 0.336. The van der Waals surface area contributed by atoms with Crippen LogP contribution in [0.3, 0.4) is 0 Å². The first kappa shape index (κ1) is 18.3. The highest BCUT2D eigenvalue weighted by molar-refractivity contribution is 5.72. The van der Waals surface area contributed by atoms with Gasteiger partial charge in [0.15, 0.2) is 0 Å². The molecule has 0 atom stereocenters. The number of hydrogen-bond donors (Lipinski definition) is 1. The number of rotatable bonds is 6. The smallest absolute Gasteiger partial charge is 0.0853 e. The van der Waals surface area contributed by atoms with Gasteiger partial charge < -0.3 is 5.11 Å². The van der Waals surface area contributed by atoms with Gasteiger partial charge in [-0.15, -0.1) is 0 Å². The quantitative estimate of drug-likeness (QED) is 0.443. The van der Waals surface area contributed by atoms with Crippen molar-refractivity contribution in [1.29, 1.82) is 0 Å². The van der Waals surface area contributed by atoms with E-state index in [-0.39, 0.29) is 0 Å². The van der Waals surface area contributed by atoms with Gasteiger partial charge in [0, 0.05) is 6.42 Å². The van der Waals surface area contributed by atoms with Crippen molar-refractivity contribution in [2.24, 2.45) is 5.92 Å². The topological polar surface area (TPSA) is 20.2 Å². The average Bonchev–Trinajstić information content (AvgIpc) is 2.59. The number of hydrogen-bond acceptors (Lipinski definition) is 1. The number of aliphatic hydroxyl groups is 1. The molecule has 0 aromatic heterocycles. The van der Waals surface area contributed by atoms with Crippen molar-refractivity contribution in [2.75, 3.05) is 0 Å². The van der Waals surface area contributed by atoms with Crippen molar-refractivity contribution in [3.05, 3.63) is 78.1 Å². The summed E-state index contributed by atoms with van der Waals surface area (Å²) < 4.78 is 0. The standard InChI is InChI=1S/C23H30O/c1-5-17(2)6-7-18(3)21-12-14-23(15-13-21)22-10-8-20(9-11-22)16-19(4)24/h5-7,12-15,20,22,24H,3-4,8-11,16H2,1-2H3/b7-6-,17-5-. The molecule has 0 spiro atoms. The van der Waals surface area contributed by atoms with Crippen LogP contribution in [-0.4, -0.2) is 5.11 Å². The molecule has 1 fully saturated rings. The molecule has 0 bridgehead atoms. The van der Waals surface area contributed by atoms with E-state index in [1.807, 2.05) is 6.92 Å². The van der Waals surface area contributed by atoms with E-state index >= 15 is 0 Å². The number of allylic oxidation sites excluding steroid dienone is 6. The molecule has 1 aliphatic rings. The fourth-order valence-electron chi connectivity index (χ4n) is 3.43. The molecule has 0 aliphatic heterocycles. The second-order valence-corrected chi connectivity index (χ2v) is 7.00. The molecule has 1 N–H and O–H groups in total. The van der Waals surface area contributed by atoms with Gasteiger partial charge in [-0.3, -0.25) is 0 Å². The summed E-state index contributed by atoms with van der Waals surface area (Å²) in [6.45, 7) is 11.9. The van der Waals surface area contributed by atoms with Crippen molar-refractivity contribution >= 4 is 5.57 Å². The second kappa shape index (κ2) is 8.73. The SMILES string of the molecule is C=C(O)CC1CCC(c2ccc(C(=C)/C=C\C(C)=C/C)cc2)CC1. The lowest BCUT2D eigenvalue weighted by Gasteiger charge is -2.28. The molecule has 0 heterocycles. The molecule has 1 saturated carbocycles. The monoisotopic (exact) mass is 322 g/mol. The third-order valence-electron chi connectivity index (χ3n) is 5.13. The van der Waals surface area contributed by atoms with Crippen molar-refractivity contribution in [3.63, 3.8) is 0 Å². The minimum Gasteiger partial charge on any atom is -0.513 e. The lowest BCUT2D eigenvalue weighted by molar-refractivity contribution is 0.281. The minimum absolute atomic E-state index is 0.336. The van der Waals surface area contributed by atoms with E-state index in [0.29, 0.717) is 17.6 Å². The number of aliphatic hydroxyl groups excluding tert-OH is 1. The Kier molecular flexibility index (Phi) is 6.66. The molecule has 1 nitrogen and oxygen atoms in total. The zero-order valence-corrected chi connectivity index (χ0v) is 15.1. The van der Waals surface area contributed by atoms with Crippen LogP contribution in [0.4, 0.5) is 0 Å². The summed E-state index contributed by atoms with van der Waals surface area (Å²) in [6, 6.07) is 8.89. The van der Waals surface area contributed by atoms with Gasteiger partial charge in [0.1, 0.15) is 0 Å². The lowest BCUT2D eigenvalue weighted by atomic mass is 9.77. The highest BCUT2D eigenvalue weighted by Gasteiger charge is 2.22. The summed E-state index contributed by atoms with van der Waals surface area (Å²) >= 11 is 0. The fourth-order valence-corrected chi connectivity index (χ4v) is 3.43. The van der Waals surface area contributed by atoms with E-state index in [1.54, 1.807) is 0 Å². The summed E-state index contributed by atoms with van der Waals surface area (Å²) in [5.41, 5.74) is 4.91. The Morgan fingerprint density at radius 2 is 1.71 bits per heavy atom. The zero-order valence-electron chi connectivity index (χ0n) is 15.1. The van der Waals surface area contributed by atoms with Crippen LogP contribution >= 0.6 is 0 Å². The van der Waals surface area contributed by atoms with Crippen LogP contribution in [0.1, 0.15) is 63.0 Å². The average molecular weight is 322 g/mol. The molecule has 128 valence electrons. The highest BCUT2D eigenvalue weighted by atomic mass is 16.3. The molecule has 0 amide bonds. The molecule has 24 heavy (non-hydrogen) atoms. The summed E-state index contributed by atoms with van der Waals surface area (Å²) in [5, 5.41) is 9.35. The van der Waals surface area contributed by atoms with Crippen LogP contribution in [-0.2, 0) is 0 Å². The first-order valence-electron chi connectivity index (χ1n) is 8.96. The van der Waals surface area contributed by atoms with Gasteiger partial charge >= 0.3 is 0 Å². The van der Waals surface area contributed by atoms with Crippen molar-refractivity contribution in [3.8, 4) is 0 Å². The summed E-state index contributed by atoms with van der Waals surface area (Å²) in [5.74, 6) is 1.59. The lowest BCUT2D eigenvalue weighted by Crippen LogP contribution is -2.13. The van der Waals surface area contributed by atoms with Crippen LogP contribution in [0, 0.1) is 5.92 Å². The third-order valence-corrected chi connectivity index (χ3v) is 5.13. The predicted molar refractivity (Wildman–Crippen MR) is 105 cm³/mol. The molecule has 0 saturated heterocycles. The highest BCUT2D eigenvalue weighted by Crippen LogP contribution is 2.38. The summed E-state index contributed by atoms with van der Waals surface area (Å²) in [6.07, 6.45) is 11.8. The van der Waals surface area contributed by atoms with Crippen LogP contribution in [0.25, 0.3) is 5.57 Å². The Balaban J connectivity index is 1.94. The Bertz CT molecular complexity index is 623. The molecule has 1 aromatic carbocycles. The van der Waals surface area contributed by atoms with Gasteiger partial charge in [-0.2, -0.15) is 0 Å². The van der Waals surface area contributed by atoms with Gasteiger partial charge in [-0.05, 0) is 68.1 Å². The molecule has 1 aliphatic carbocycles. The van der Waals surface area contributed by atoms with Gasteiger partial charge in [0.2, 0.25) is 0 Å². The molecule has 1 aromatic rings. The Hall–Kier alpha value is -2.02. The normalized spacial score (nSPS) is 21.8. The van der Waals surface area contributed by atoms with E-state index in [0.717, 1.165) is 12.0 Å². The molecular weight excluding hydrogens is 292 g/mol. The van der Waals surface area contributed by atoms with E-state index in [1.165, 1.54) is 42.4 Å². The van der Waals surface area contributed by atoms with E-state index in [4.69, 9.17) is 0 Å². The van der Waals surface area contributed by atoms with E-state index in [9.17, 15) is 5.11 Å². The Morgan fingerprint density at radius 3 is 2.25 bits per heavy atom. The van der Waals surface area contributed by atoms with Crippen LogP contribution < -0.4 is 0 Å². The van der Waals surface area contributed by atoms with Gasteiger partial charge in [-0.25, -0.2) is 0 Å². The molecular formula is C23H30O. The maximum absolute atomic E-state index is 9.35. The van der Waals surface area contributed by atoms with Crippen LogP contribution in [0.5, 0.6) is 0 Å². The van der Waals surface area contributed by atoms with Crippen LogP contribution in [0.2, 0.25) is 0 Å².